The summed E-state index contributed by atoms with van der Waals surface area (Å²) >= 11 is 3.34. The highest BCUT2D eigenvalue weighted by Gasteiger charge is 2.32. The van der Waals surface area contributed by atoms with Gasteiger partial charge in [-0.15, -0.1) is 0 Å². The van der Waals surface area contributed by atoms with Crippen molar-refractivity contribution in [1.29, 1.82) is 0 Å². The predicted molar refractivity (Wildman–Crippen MR) is 161 cm³/mol. The molecule has 40 heavy (non-hydrogen) atoms. The SMILES string of the molecule is CCCNC(=O)C(C)N(Cc1cccc(C)c1)C(=O)CN(c1ccc(OCC)cc1)S(=O)(=O)c1ccc(Br)cc1. The Labute approximate surface area is 245 Å². The van der Waals surface area contributed by atoms with Gasteiger partial charge in [-0.25, -0.2) is 8.42 Å². The Kier molecular flexibility index (Phi) is 11.2. The van der Waals surface area contributed by atoms with Gasteiger partial charge in [0.05, 0.1) is 17.2 Å². The number of amides is 2. The smallest absolute Gasteiger partial charge is 0.264 e. The van der Waals surface area contributed by atoms with Crippen LogP contribution in [0.3, 0.4) is 0 Å². The van der Waals surface area contributed by atoms with Crippen molar-refractivity contribution < 1.29 is 22.7 Å². The molecule has 0 aliphatic carbocycles. The summed E-state index contributed by atoms with van der Waals surface area (Å²) in [6.45, 7) is 8.01. The van der Waals surface area contributed by atoms with E-state index in [-0.39, 0.29) is 17.3 Å². The minimum absolute atomic E-state index is 0.0383. The Morgan fingerprint density at radius 1 is 1.00 bits per heavy atom. The monoisotopic (exact) mass is 629 g/mol. The molecule has 0 spiro atoms. The molecule has 0 radical (unpaired) electrons. The van der Waals surface area contributed by atoms with Crippen LogP contribution in [0.2, 0.25) is 0 Å². The largest absolute Gasteiger partial charge is 0.494 e. The Balaban J connectivity index is 2.02. The van der Waals surface area contributed by atoms with E-state index in [9.17, 15) is 18.0 Å². The number of anilines is 1. The number of rotatable bonds is 13. The van der Waals surface area contributed by atoms with Crippen molar-refractivity contribution in [3.8, 4) is 5.75 Å². The zero-order valence-electron chi connectivity index (χ0n) is 23.3. The lowest BCUT2D eigenvalue weighted by Crippen LogP contribution is -2.51. The molecule has 0 bridgehead atoms. The van der Waals surface area contributed by atoms with Crippen LogP contribution in [0.15, 0.2) is 82.2 Å². The molecule has 0 aliphatic rings. The number of carbonyl (C=O) groups is 2. The average Bonchev–Trinajstić information content (AvgIpc) is 2.93. The summed E-state index contributed by atoms with van der Waals surface area (Å²) in [6, 6.07) is 19.6. The summed E-state index contributed by atoms with van der Waals surface area (Å²) in [6.07, 6.45) is 0.751. The third-order valence-corrected chi connectivity index (χ3v) is 8.58. The lowest BCUT2D eigenvalue weighted by atomic mass is 10.1. The maximum absolute atomic E-state index is 13.9. The number of nitrogens with zero attached hydrogens (tertiary/aromatic N) is 2. The van der Waals surface area contributed by atoms with Crippen molar-refractivity contribution in [3.63, 3.8) is 0 Å². The molecule has 214 valence electrons. The van der Waals surface area contributed by atoms with Crippen molar-refractivity contribution in [3.05, 3.63) is 88.4 Å². The fraction of sp³-hybridized carbons (Fsp3) is 0.333. The quantitative estimate of drug-likeness (QED) is 0.277. The molecule has 0 aromatic heterocycles. The van der Waals surface area contributed by atoms with Crippen molar-refractivity contribution in [2.75, 3.05) is 24.0 Å². The average molecular weight is 631 g/mol. The van der Waals surface area contributed by atoms with Crippen LogP contribution in [0.5, 0.6) is 5.75 Å². The highest BCUT2D eigenvalue weighted by atomic mass is 79.9. The second-order valence-corrected chi connectivity index (χ2v) is 12.1. The van der Waals surface area contributed by atoms with E-state index in [0.717, 1.165) is 26.3 Å². The summed E-state index contributed by atoms with van der Waals surface area (Å²) in [7, 11) is -4.14. The molecule has 10 heteroatoms. The number of hydrogen-bond donors (Lipinski definition) is 1. The van der Waals surface area contributed by atoms with Crippen LogP contribution in [0.25, 0.3) is 0 Å². The van der Waals surface area contributed by atoms with Gasteiger partial charge < -0.3 is 15.0 Å². The Morgan fingerprint density at radius 2 is 1.68 bits per heavy atom. The number of carbonyl (C=O) groups excluding carboxylic acids is 2. The molecule has 1 atom stereocenters. The molecule has 0 aliphatic heterocycles. The van der Waals surface area contributed by atoms with Crippen LogP contribution in [-0.2, 0) is 26.2 Å². The fourth-order valence-electron chi connectivity index (χ4n) is 4.12. The molecule has 2 amide bonds. The fourth-order valence-corrected chi connectivity index (χ4v) is 5.80. The van der Waals surface area contributed by atoms with Crippen molar-refractivity contribution in [2.24, 2.45) is 0 Å². The van der Waals surface area contributed by atoms with Gasteiger partial charge in [0, 0.05) is 17.6 Å². The zero-order chi connectivity index (χ0) is 29.3. The molecule has 0 heterocycles. The van der Waals surface area contributed by atoms with Crippen LogP contribution in [0.4, 0.5) is 5.69 Å². The number of benzene rings is 3. The molecule has 1 unspecified atom stereocenters. The standard InChI is InChI=1S/C30H36BrN3O5S/c1-5-18-32-30(36)23(4)33(20-24-9-7-8-22(3)19-24)29(35)21-34(26-12-14-27(15-13-26)39-6-2)40(37,38)28-16-10-25(31)11-17-28/h7-17,19,23H,5-6,18,20-21H2,1-4H3,(H,32,36). The van der Waals surface area contributed by atoms with Gasteiger partial charge in [0.2, 0.25) is 11.8 Å². The summed E-state index contributed by atoms with van der Waals surface area (Å²) < 4.78 is 35.1. The molecular formula is C30H36BrN3O5S. The third kappa shape index (κ3) is 8.08. The van der Waals surface area contributed by atoms with E-state index in [1.54, 1.807) is 43.3 Å². The van der Waals surface area contributed by atoms with E-state index in [2.05, 4.69) is 21.2 Å². The molecule has 8 nitrogen and oxygen atoms in total. The molecule has 0 fully saturated rings. The first kappa shape index (κ1) is 31.2. The van der Waals surface area contributed by atoms with Gasteiger partial charge in [-0.2, -0.15) is 0 Å². The zero-order valence-corrected chi connectivity index (χ0v) is 25.7. The molecular weight excluding hydrogens is 594 g/mol. The van der Waals surface area contributed by atoms with Crippen molar-refractivity contribution in [1.82, 2.24) is 10.2 Å². The van der Waals surface area contributed by atoms with E-state index in [0.29, 0.717) is 24.6 Å². The van der Waals surface area contributed by atoms with Crippen LogP contribution in [0, 0.1) is 6.92 Å². The summed E-state index contributed by atoms with van der Waals surface area (Å²) in [4.78, 5) is 28.4. The molecule has 0 saturated carbocycles. The van der Waals surface area contributed by atoms with Gasteiger partial charge in [-0.3, -0.25) is 13.9 Å². The molecule has 3 aromatic carbocycles. The normalized spacial score (nSPS) is 11.9. The lowest BCUT2D eigenvalue weighted by Gasteiger charge is -2.32. The number of ether oxygens (including phenoxy) is 1. The maximum Gasteiger partial charge on any atom is 0.264 e. The van der Waals surface area contributed by atoms with Gasteiger partial charge in [-0.1, -0.05) is 52.7 Å². The Bertz CT molecular complexity index is 1400. The van der Waals surface area contributed by atoms with Gasteiger partial charge in [0.1, 0.15) is 18.3 Å². The highest BCUT2D eigenvalue weighted by Crippen LogP contribution is 2.27. The molecule has 3 rings (SSSR count). The highest BCUT2D eigenvalue weighted by molar-refractivity contribution is 9.10. The first-order valence-electron chi connectivity index (χ1n) is 13.2. The van der Waals surface area contributed by atoms with Gasteiger partial charge in [0.25, 0.3) is 10.0 Å². The van der Waals surface area contributed by atoms with E-state index in [1.807, 2.05) is 45.0 Å². The van der Waals surface area contributed by atoms with Crippen molar-refractivity contribution >= 4 is 43.5 Å². The second-order valence-electron chi connectivity index (χ2n) is 9.37. The van der Waals surface area contributed by atoms with Gasteiger partial charge in [-0.05, 0) is 81.3 Å². The molecule has 3 aromatic rings. The Hall–Kier alpha value is -3.37. The predicted octanol–water partition coefficient (Wildman–Crippen LogP) is 5.30. The number of halogens is 1. The summed E-state index contributed by atoms with van der Waals surface area (Å²) in [5.41, 5.74) is 2.16. The topological polar surface area (TPSA) is 96.0 Å². The molecule has 1 N–H and O–H groups in total. The van der Waals surface area contributed by atoms with E-state index < -0.39 is 28.5 Å². The van der Waals surface area contributed by atoms with E-state index >= 15 is 0 Å². The second kappa shape index (κ2) is 14.3. The number of aryl methyl sites for hydroxylation is 1. The number of hydrogen-bond acceptors (Lipinski definition) is 5. The minimum Gasteiger partial charge on any atom is -0.494 e. The summed E-state index contributed by atoms with van der Waals surface area (Å²) in [5.74, 6) is -0.220. The van der Waals surface area contributed by atoms with Gasteiger partial charge >= 0.3 is 0 Å². The van der Waals surface area contributed by atoms with Crippen molar-refractivity contribution in [2.45, 2.75) is 51.6 Å². The van der Waals surface area contributed by atoms with Crippen LogP contribution in [0.1, 0.15) is 38.3 Å². The molecule has 0 saturated heterocycles. The summed E-state index contributed by atoms with van der Waals surface area (Å²) in [5, 5.41) is 2.85. The van der Waals surface area contributed by atoms with E-state index in [1.165, 1.54) is 17.0 Å². The van der Waals surface area contributed by atoms with Crippen LogP contribution in [-0.4, -0.2) is 50.9 Å². The minimum atomic E-state index is -4.14. The first-order valence-corrected chi connectivity index (χ1v) is 15.4. The van der Waals surface area contributed by atoms with Crippen LogP contribution >= 0.6 is 15.9 Å². The maximum atomic E-state index is 13.9. The van der Waals surface area contributed by atoms with Crippen LogP contribution < -0.4 is 14.4 Å². The van der Waals surface area contributed by atoms with E-state index in [4.69, 9.17) is 4.74 Å². The van der Waals surface area contributed by atoms with Gasteiger partial charge in [0.15, 0.2) is 0 Å². The number of sulfonamides is 1. The first-order chi connectivity index (χ1) is 19.1. The lowest BCUT2D eigenvalue weighted by molar-refractivity contribution is -0.139. The third-order valence-electron chi connectivity index (χ3n) is 6.27. The Morgan fingerprint density at radius 3 is 2.27 bits per heavy atom. The number of nitrogens with one attached hydrogen (secondary N) is 1.